The van der Waals surface area contributed by atoms with E-state index in [2.05, 4.69) is 28.0 Å². The Morgan fingerprint density at radius 3 is 2.56 bits per heavy atom. The molecule has 6 nitrogen and oxygen atoms in total. The van der Waals surface area contributed by atoms with Gasteiger partial charge in [-0.25, -0.2) is 0 Å². The van der Waals surface area contributed by atoms with Crippen molar-refractivity contribution < 1.29 is 14.0 Å². The van der Waals surface area contributed by atoms with Crippen molar-refractivity contribution in [1.29, 1.82) is 0 Å². The van der Waals surface area contributed by atoms with E-state index in [1.165, 1.54) is 0 Å². The summed E-state index contributed by atoms with van der Waals surface area (Å²) in [5.41, 5.74) is 2.03. The molecule has 0 amide bonds. The molecule has 0 saturated heterocycles. The molecule has 0 aliphatic carbocycles. The van der Waals surface area contributed by atoms with Crippen LogP contribution in [0.1, 0.15) is 18.4 Å². The van der Waals surface area contributed by atoms with E-state index in [1.807, 2.05) is 36.4 Å². The fraction of sp³-hybridized carbons (Fsp3) is 0.300. The molecule has 0 bridgehead atoms. The topological polar surface area (TPSA) is 60.6 Å². The maximum absolute atomic E-state index is 5.93. The van der Waals surface area contributed by atoms with Gasteiger partial charge in [-0.05, 0) is 48.5 Å². The second kappa shape index (κ2) is 7.98. The van der Waals surface area contributed by atoms with Gasteiger partial charge in [0.05, 0.1) is 6.54 Å². The van der Waals surface area contributed by atoms with Gasteiger partial charge in [0.1, 0.15) is 13.2 Å². The first kappa shape index (κ1) is 17.8. The standard InChI is InChI=1S/C20H20ClN3O3/c1-2-24(12-14-3-8-17-18(11-14)26-10-9-25-17)13-19-22-20(23-27-19)15-4-6-16(21)7-5-15/h3-8,11H,2,9-10,12-13H2,1H3. The molecule has 0 atom stereocenters. The van der Waals surface area contributed by atoms with E-state index in [4.69, 9.17) is 25.6 Å². The highest BCUT2D eigenvalue weighted by Gasteiger charge is 2.15. The lowest BCUT2D eigenvalue weighted by molar-refractivity contribution is 0.170. The van der Waals surface area contributed by atoms with E-state index < -0.39 is 0 Å². The highest BCUT2D eigenvalue weighted by atomic mass is 35.5. The lowest BCUT2D eigenvalue weighted by Crippen LogP contribution is -2.23. The van der Waals surface area contributed by atoms with Gasteiger partial charge in [-0.15, -0.1) is 0 Å². The number of rotatable bonds is 6. The third-order valence-electron chi connectivity index (χ3n) is 4.39. The van der Waals surface area contributed by atoms with E-state index in [-0.39, 0.29) is 0 Å². The number of nitrogens with zero attached hydrogens (tertiary/aromatic N) is 3. The lowest BCUT2D eigenvalue weighted by atomic mass is 10.2. The summed E-state index contributed by atoms with van der Waals surface area (Å²) >= 11 is 5.93. The van der Waals surface area contributed by atoms with Gasteiger partial charge in [-0.1, -0.05) is 29.7 Å². The SMILES string of the molecule is CCN(Cc1ccc2c(c1)OCCO2)Cc1nc(-c2ccc(Cl)cc2)no1. The Bertz CT molecular complexity index is 911. The molecule has 3 aromatic rings. The van der Waals surface area contributed by atoms with Gasteiger partial charge in [0.2, 0.25) is 11.7 Å². The molecule has 7 heteroatoms. The molecule has 0 saturated carbocycles. The lowest BCUT2D eigenvalue weighted by Gasteiger charge is -2.21. The third kappa shape index (κ3) is 4.23. The van der Waals surface area contributed by atoms with Crippen LogP contribution in [-0.2, 0) is 13.1 Å². The molecule has 0 N–H and O–H groups in total. The van der Waals surface area contributed by atoms with Crippen LogP contribution >= 0.6 is 11.6 Å². The van der Waals surface area contributed by atoms with Crippen LogP contribution in [-0.4, -0.2) is 34.8 Å². The van der Waals surface area contributed by atoms with E-state index in [0.29, 0.717) is 36.5 Å². The van der Waals surface area contributed by atoms with Crippen LogP contribution in [0.15, 0.2) is 47.0 Å². The zero-order chi connectivity index (χ0) is 18.6. The molecule has 140 valence electrons. The van der Waals surface area contributed by atoms with Gasteiger partial charge in [-0.2, -0.15) is 4.98 Å². The molecule has 4 rings (SSSR count). The molecule has 0 spiro atoms. The molecule has 27 heavy (non-hydrogen) atoms. The summed E-state index contributed by atoms with van der Waals surface area (Å²) in [6, 6.07) is 13.4. The molecular formula is C20H20ClN3O3. The Hall–Kier alpha value is -2.57. The Labute approximate surface area is 162 Å². The molecule has 0 radical (unpaired) electrons. The zero-order valence-corrected chi connectivity index (χ0v) is 15.8. The molecule has 0 fully saturated rings. The van der Waals surface area contributed by atoms with Crippen molar-refractivity contribution in [2.45, 2.75) is 20.0 Å². The fourth-order valence-corrected chi connectivity index (χ4v) is 3.08. The summed E-state index contributed by atoms with van der Waals surface area (Å²) in [5, 5.41) is 4.76. The minimum Gasteiger partial charge on any atom is -0.486 e. The Morgan fingerprint density at radius 2 is 1.78 bits per heavy atom. The van der Waals surface area contributed by atoms with Crippen molar-refractivity contribution in [3.05, 3.63) is 58.9 Å². The predicted molar refractivity (Wildman–Crippen MR) is 102 cm³/mol. The van der Waals surface area contributed by atoms with Gasteiger partial charge in [0, 0.05) is 17.1 Å². The third-order valence-corrected chi connectivity index (χ3v) is 4.64. The summed E-state index contributed by atoms with van der Waals surface area (Å²) < 4.78 is 16.7. The largest absolute Gasteiger partial charge is 0.486 e. The second-order valence-electron chi connectivity index (χ2n) is 6.30. The van der Waals surface area contributed by atoms with Crippen molar-refractivity contribution in [2.75, 3.05) is 19.8 Å². The quantitative estimate of drug-likeness (QED) is 0.634. The predicted octanol–water partition coefficient (Wildman–Crippen LogP) is 4.18. The van der Waals surface area contributed by atoms with Crippen LogP contribution < -0.4 is 9.47 Å². The average Bonchev–Trinajstić information content (AvgIpc) is 3.16. The van der Waals surface area contributed by atoms with Crippen LogP contribution in [0.25, 0.3) is 11.4 Å². The van der Waals surface area contributed by atoms with E-state index in [9.17, 15) is 0 Å². The number of halogens is 1. The van der Waals surface area contributed by atoms with Crippen molar-refractivity contribution >= 4 is 11.6 Å². The first-order valence-corrected chi connectivity index (χ1v) is 9.28. The van der Waals surface area contributed by atoms with E-state index >= 15 is 0 Å². The molecule has 2 heterocycles. The van der Waals surface area contributed by atoms with Crippen molar-refractivity contribution in [3.63, 3.8) is 0 Å². The summed E-state index contributed by atoms with van der Waals surface area (Å²) in [5.74, 6) is 2.76. The normalized spacial score (nSPS) is 13.1. The van der Waals surface area contributed by atoms with Gasteiger partial charge in [0.25, 0.3) is 0 Å². The molecular weight excluding hydrogens is 366 g/mol. The summed E-state index contributed by atoms with van der Waals surface area (Å²) in [4.78, 5) is 6.73. The Kier molecular flexibility index (Phi) is 5.27. The first-order valence-electron chi connectivity index (χ1n) is 8.90. The molecule has 1 aliphatic rings. The van der Waals surface area contributed by atoms with Crippen LogP contribution in [0.5, 0.6) is 11.5 Å². The maximum atomic E-state index is 5.93. The van der Waals surface area contributed by atoms with Crippen LogP contribution in [0.4, 0.5) is 0 Å². The number of fused-ring (bicyclic) bond motifs is 1. The number of hydrogen-bond acceptors (Lipinski definition) is 6. The highest BCUT2D eigenvalue weighted by Crippen LogP contribution is 2.31. The molecule has 0 unspecified atom stereocenters. The minimum absolute atomic E-state index is 0.567. The molecule has 2 aromatic carbocycles. The second-order valence-corrected chi connectivity index (χ2v) is 6.74. The van der Waals surface area contributed by atoms with Crippen LogP contribution in [0, 0.1) is 0 Å². The number of ether oxygens (including phenoxy) is 2. The first-order chi connectivity index (χ1) is 13.2. The minimum atomic E-state index is 0.567. The highest BCUT2D eigenvalue weighted by molar-refractivity contribution is 6.30. The average molecular weight is 386 g/mol. The van der Waals surface area contributed by atoms with Gasteiger partial charge >= 0.3 is 0 Å². The van der Waals surface area contributed by atoms with E-state index in [0.717, 1.165) is 35.7 Å². The number of benzene rings is 2. The molecule has 1 aromatic heterocycles. The van der Waals surface area contributed by atoms with Crippen molar-refractivity contribution in [3.8, 4) is 22.9 Å². The van der Waals surface area contributed by atoms with Crippen LogP contribution in [0.3, 0.4) is 0 Å². The monoisotopic (exact) mass is 385 g/mol. The number of hydrogen-bond donors (Lipinski definition) is 0. The summed E-state index contributed by atoms with van der Waals surface area (Å²) in [6.07, 6.45) is 0. The van der Waals surface area contributed by atoms with Crippen molar-refractivity contribution in [1.82, 2.24) is 15.0 Å². The van der Waals surface area contributed by atoms with E-state index in [1.54, 1.807) is 0 Å². The van der Waals surface area contributed by atoms with Gasteiger partial charge in [0.15, 0.2) is 11.5 Å². The smallest absolute Gasteiger partial charge is 0.241 e. The molecule has 1 aliphatic heterocycles. The Balaban J connectivity index is 1.44. The summed E-state index contributed by atoms with van der Waals surface area (Å²) in [7, 11) is 0. The maximum Gasteiger partial charge on any atom is 0.241 e. The number of aromatic nitrogens is 2. The van der Waals surface area contributed by atoms with Gasteiger partial charge < -0.3 is 14.0 Å². The van der Waals surface area contributed by atoms with Gasteiger partial charge in [-0.3, -0.25) is 4.90 Å². The zero-order valence-electron chi connectivity index (χ0n) is 15.0. The van der Waals surface area contributed by atoms with Crippen molar-refractivity contribution in [2.24, 2.45) is 0 Å². The summed E-state index contributed by atoms with van der Waals surface area (Å²) in [6.45, 7) is 5.48. The van der Waals surface area contributed by atoms with Crippen LogP contribution in [0.2, 0.25) is 5.02 Å². The fourth-order valence-electron chi connectivity index (χ4n) is 2.95. The Morgan fingerprint density at radius 1 is 1.00 bits per heavy atom.